The van der Waals surface area contributed by atoms with Gasteiger partial charge in [-0.2, -0.15) is 0 Å². The highest BCUT2D eigenvalue weighted by atomic mass is 32.2. The molecule has 0 bridgehead atoms. The molecule has 206 valence electrons. The van der Waals surface area contributed by atoms with Crippen LogP contribution >= 0.6 is 0 Å². The predicted octanol–water partition coefficient (Wildman–Crippen LogP) is 4.90. The molecule has 2 heterocycles. The number of ether oxygens (including phenoxy) is 2. The Hall–Kier alpha value is -3.92. The number of imide groups is 1. The molecule has 1 aromatic heterocycles. The molecule has 0 saturated carbocycles. The summed E-state index contributed by atoms with van der Waals surface area (Å²) >= 11 is 0. The highest BCUT2D eigenvalue weighted by Crippen LogP contribution is 2.34. The maximum Gasteiger partial charge on any atom is 0.418 e. The summed E-state index contributed by atoms with van der Waals surface area (Å²) in [6.07, 6.45) is 1.92. The van der Waals surface area contributed by atoms with Gasteiger partial charge in [0.1, 0.15) is 11.6 Å². The third kappa shape index (κ3) is 5.21. The second-order valence-electron chi connectivity index (χ2n) is 10.7. The average Bonchev–Trinajstić information content (AvgIpc) is 3.35. The summed E-state index contributed by atoms with van der Waals surface area (Å²) in [5.41, 5.74) is 2.37. The van der Waals surface area contributed by atoms with E-state index in [9.17, 15) is 22.8 Å². The number of hydrogen-bond donors (Lipinski definition) is 0. The van der Waals surface area contributed by atoms with Gasteiger partial charge in [-0.1, -0.05) is 35.9 Å². The number of rotatable bonds is 4. The fourth-order valence-electron chi connectivity index (χ4n) is 5.00. The van der Waals surface area contributed by atoms with E-state index >= 15 is 0 Å². The van der Waals surface area contributed by atoms with Crippen LogP contribution in [0.25, 0.3) is 17.0 Å². The maximum atomic E-state index is 13.9. The second kappa shape index (κ2) is 10.00. The van der Waals surface area contributed by atoms with Crippen LogP contribution in [-0.2, 0) is 29.1 Å². The first kappa shape index (κ1) is 28.1. The Morgan fingerprint density at radius 3 is 2.26 bits per heavy atom. The van der Waals surface area contributed by atoms with Gasteiger partial charge >= 0.3 is 12.1 Å². The van der Waals surface area contributed by atoms with Gasteiger partial charge in [-0.3, -0.25) is 4.79 Å². The molecule has 1 aliphatic rings. The zero-order valence-corrected chi connectivity index (χ0v) is 23.9. The minimum absolute atomic E-state index is 0.104. The van der Waals surface area contributed by atoms with Gasteiger partial charge in [0.05, 0.1) is 17.5 Å². The molecule has 1 aliphatic heterocycles. The zero-order chi connectivity index (χ0) is 28.9. The van der Waals surface area contributed by atoms with Gasteiger partial charge in [0, 0.05) is 29.1 Å². The first-order valence-electron chi connectivity index (χ1n) is 12.4. The summed E-state index contributed by atoms with van der Waals surface area (Å²) in [5, 5.41) is 0.592. The molecular formula is C29H32N2O7S. The van der Waals surface area contributed by atoms with E-state index in [2.05, 4.69) is 0 Å². The Labute approximate surface area is 228 Å². The van der Waals surface area contributed by atoms with Gasteiger partial charge in [0.25, 0.3) is 15.9 Å². The highest BCUT2D eigenvalue weighted by molar-refractivity contribution is 7.90. The molecule has 9 nitrogen and oxygen atoms in total. The van der Waals surface area contributed by atoms with E-state index < -0.39 is 39.6 Å². The number of amides is 2. The fourth-order valence-corrected chi connectivity index (χ4v) is 6.80. The molecule has 2 amide bonds. The maximum absolute atomic E-state index is 13.9. The van der Waals surface area contributed by atoms with E-state index in [4.69, 9.17) is 9.47 Å². The van der Waals surface area contributed by atoms with Crippen LogP contribution in [0.4, 0.5) is 4.79 Å². The lowest BCUT2D eigenvalue weighted by atomic mass is 10.1. The number of fused-ring (bicyclic) bond motifs is 1. The van der Waals surface area contributed by atoms with Crippen molar-refractivity contribution in [1.29, 1.82) is 0 Å². The van der Waals surface area contributed by atoms with E-state index in [1.54, 1.807) is 58.9 Å². The van der Waals surface area contributed by atoms with Gasteiger partial charge in [0.15, 0.2) is 0 Å². The monoisotopic (exact) mass is 552 g/mol. The Morgan fingerprint density at radius 2 is 1.67 bits per heavy atom. The summed E-state index contributed by atoms with van der Waals surface area (Å²) < 4.78 is 39.2. The van der Waals surface area contributed by atoms with Crippen LogP contribution in [0.1, 0.15) is 49.4 Å². The molecule has 4 rings (SSSR count). The summed E-state index contributed by atoms with van der Waals surface area (Å²) in [6, 6.07) is 9.40. The minimum Gasteiger partial charge on any atom is -0.467 e. The van der Waals surface area contributed by atoms with Crippen molar-refractivity contribution >= 4 is 45.0 Å². The first-order chi connectivity index (χ1) is 18.2. The van der Waals surface area contributed by atoms with Crippen molar-refractivity contribution in [3.05, 3.63) is 70.4 Å². The lowest BCUT2D eigenvalue weighted by Crippen LogP contribution is -2.45. The summed E-state index contributed by atoms with van der Waals surface area (Å²) in [7, 11) is -2.82. The number of carbonyl (C=O) groups is 3. The van der Waals surface area contributed by atoms with Gasteiger partial charge < -0.3 is 9.47 Å². The van der Waals surface area contributed by atoms with Crippen molar-refractivity contribution in [2.75, 3.05) is 7.11 Å². The largest absolute Gasteiger partial charge is 0.467 e. The lowest BCUT2D eigenvalue weighted by Gasteiger charge is -2.25. The molecular weight excluding hydrogens is 520 g/mol. The van der Waals surface area contributed by atoms with Crippen LogP contribution < -0.4 is 0 Å². The molecule has 1 atom stereocenters. The first-order valence-corrected chi connectivity index (χ1v) is 13.9. The number of para-hydroxylation sites is 1. The molecule has 1 saturated heterocycles. The number of aryl methyl sites for hydroxylation is 3. The lowest BCUT2D eigenvalue weighted by molar-refractivity contribution is -0.148. The Bertz CT molecular complexity index is 1620. The molecule has 10 heteroatoms. The van der Waals surface area contributed by atoms with Crippen LogP contribution in [0.5, 0.6) is 0 Å². The molecule has 0 radical (unpaired) electrons. The molecule has 3 aromatic rings. The molecule has 0 N–H and O–H groups in total. The predicted molar refractivity (Wildman–Crippen MR) is 147 cm³/mol. The third-order valence-corrected chi connectivity index (χ3v) is 8.42. The van der Waals surface area contributed by atoms with E-state index in [0.29, 0.717) is 27.6 Å². The number of esters is 1. The topological polar surface area (TPSA) is 112 Å². The standard InChI is InChI=1S/C29H32N2O7S/c1-17-12-18(2)25(19(3)13-17)39(35,36)30-16-21(22-10-8-9-11-23(22)30)14-20-15-24(27(33)37-7)31(26(20)32)28(34)38-29(4,5)6/h8-14,16,24H,15H2,1-7H3/b20-14+/t24-/m0/s1. The Kier molecular flexibility index (Phi) is 7.20. The van der Waals surface area contributed by atoms with Crippen LogP contribution in [0.2, 0.25) is 0 Å². The zero-order valence-electron chi connectivity index (χ0n) is 23.1. The van der Waals surface area contributed by atoms with E-state index in [-0.39, 0.29) is 16.9 Å². The van der Waals surface area contributed by atoms with Crippen molar-refractivity contribution < 1.29 is 32.3 Å². The number of carbonyl (C=O) groups excluding carboxylic acids is 3. The quantitative estimate of drug-likeness (QED) is 0.334. The summed E-state index contributed by atoms with van der Waals surface area (Å²) in [6.45, 7) is 10.4. The highest BCUT2D eigenvalue weighted by Gasteiger charge is 2.46. The smallest absolute Gasteiger partial charge is 0.418 e. The van der Waals surface area contributed by atoms with Gasteiger partial charge in [-0.15, -0.1) is 0 Å². The molecule has 2 aromatic carbocycles. The van der Waals surface area contributed by atoms with Gasteiger partial charge in [0.2, 0.25) is 0 Å². The van der Waals surface area contributed by atoms with Crippen LogP contribution in [0, 0.1) is 20.8 Å². The number of benzene rings is 2. The number of methoxy groups -OCH3 is 1. The van der Waals surface area contributed by atoms with Crippen molar-refractivity contribution in [3.8, 4) is 0 Å². The Morgan fingerprint density at radius 1 is 1.05 bits per heavy atom. The van der Waals surface area contributed by atoms with Crippen molar-refractivity contribution in [2.45, 2.75) is 64.5 Å². The van der Waals surface area contributed by atoms with E-state index in [1.807, 2.05) is 19.1 Å². The number of likely N-dealkylation sites (tertiary alicyclic amines) is 1. The molecule has 0 aliphatic carbocycles. The fraction of sp³-hybridized carbons (Fsp3) is 0.345. The van der Waals surface area contributed by atoms with Crippen LogP contribution in [0.3, 0.4) is 0 Å². The van der Waals surface area contributed by atoms with Crippen LogP contribution in [-0.4, -0.2) is 54.0 Å². The van der Waals surface area contributed by atoms with Crippen molar-refractivity contribution in [1.82, 2.24) is 8.87 Å². The minimum atomic E-state index is -4.00. The SMILES string of the molecule is COC(=O)[C@@H]1C/C(=C\c2cn(S(=O)(=O)c3c(C)cc(C)cc3C)c3ccccc23)C(=O)N1C(=O)OC(C)(C)C. The second-order valence-corrected chi connectivity index (χ2v) is 12.5. The van der Waals surface area contributed by atoms with E-state index in [0.717, 1.165) is 10.5 Å². The molecule has 39 heavy (non-hydrogen) atoms. The number of nitrogens with zero attached hydrogens (tertiary/aromatic N) is 2. The van der Waals surface area contributed by atoms with Crippen molar-refractivity contribution in [3.63, 3.8) is 0 Å². The molecule has 1 fully saturated rings. The normalized spacial score (nSPS) is 17.2. The van der Waals surface area contributed by atoms with Crippen molar-refractivity contribution in [2.24, 2.45) is 0 Å². The molecule has 0 unspecified atom stereocenters. The van der Waals surface area contributed by atoms with Crippen LogP contribution in [0.15, 0.2) is 53.1 Å². The number of aromatic nitrogens is 1. The molecule has 0 spiro atoms. The Balaban J connectivity index is 1.85. The summed E-state index contributed by atoms with van der Waals surface area (Å²) in [4.78, 5) is 39.7. The van der Waals surface area contributed by atoms with Gasteiger partial charge in [-0.25, -0.2) is 26.9 Å². The van der Waals surface area contributed by atoms with E-state index in [1.165, 1.54) is 23.4 Å². The third-order valence-electron chi connectivity index (χ3n) is 6.44. The summed E-state index contributed by atoms with van der Waals surface area (Å²) in [5.74, 6) is -1.46. The average molecular weight is 553 g/mol. The number of hydrogen-bond acceptors (Lipinski definition) is 7. The van der Waals surface area contributed by atoms with Gasteiger partial charge in [-0.05, 0) is 64.8 Å².